The molecule has 0 aromatic heterocycles. The molecule has 0 fully saturated rings. The molecular formula is C17H20Cl6N3O6P. The first kappa shape index (κ1) is 30.6. The fourth-order valence-corrected chi connectivity index (χ4v) is 4.44. The van der Waals surface area contributed by atoms with E-state index in [2.05, 4.69) is 15.8 Å². The number of halogens is 6. The van der Waals surface area contributed by atoms with E-state index in [-0.39, 0.29) is 12.1 Å². The molecule has 0 saturated heterocycles. The predicted octanol–water partition coefficient (Wildman–Crippen LogP) is 5.39. The van der Waals surface area contributed by atoms with E-state index in [0.29, 0.717) is 11.3 Å². The molecule has 0 saturated carbocycles. The lowest BCUT2D eigenvalue weighted by Crippen LogP contribution is -2.52. The summed E-state index contributed by atoms with van der Waals surface area (Å²) in [4.78, 5) is 25.5. The minimum atomic E-state index is -3.87. The lowest BCUT2D eigenvalue weighted by molar-refractivity contribution is -0.149. The fourth-order valence-electron chi connectivity index (χ4n) is 3.13. The summed E-state index contributed by atoms with van der Waals surface area (Å²) < 4.78 is 26.5. The number of rotatable bonds is 5. The van der Waals surface area contributed by atoms with Crippen LogP contribution in [-0.2, 0) is 33.5 Å². The normalized spacial score (nSPS) is 20.8. The topological polar surface area (TPSA) is 115 Å². The van der Waals surface area contributed by atoms with Crippen molar-refractivity contribution in [3.05, 3.63) is 29.8 Å². The van der Waals surface area contributed by atoms with E-state index >= 15 is 0 Å². The molecule has 2 atom stereocenters. The van der Waals surface area contributed by atoms with Crippen LogP contribution >= 0.6 is 77.2 Å². The molecule has 186 valence electrons. The van der Waals surface area contributed by atoms with Gasteiger partial charge in [-0.2, -0.15) is 5.10 Å². The lowest BCUT2D eigenvalue weighted by atomic mass is 9.80. The van der Waals surface area contributed by atoms with Gasteiger partial charge in [-0.25, -0.2) is 0 Å². The zero-order chi connectivity index (χ0) is 25.4. The number of carbonyl (C=O) groups is 2. The summed E-state index contributed by atoms with van der Waals surface area (Å²) in [7, 11) is -1.51. The molecule has 2 N–H and O–H groups in total. The number of hydrazone groups is 1. The van der Waals surface area contributed by atoms with E-state index < -0.39 is 39.5 Å². The Bertz CT molecular complexity index is 901. The minimum absolute atomic E-state index is 0.0895. The molecule has 33 heavy (non-hydrogen) atoms. The van der Waals surface area contributed by atoms with Crippen LogP contribution in [0.25, 0.3) is 0 Å². The molecule has 1 aromatic rings. The van der Waals surface area contributed by atoms with E-state index in [9.17, 15) is 14.2 Å². The number of benzene rings is 1. The van der Waals surface area contributed by atoms with Crippen LogP contribution in [0.4, 0.5) is 5.69 Å². The Balaban J connectivity index is 0.000000591. The molecule has 9 nitrogen and oxygen atoms in total. The second-order valence-corrected chi connectivity index (χ2v) is 12.1. The van der Waals surface area contributed by atoms with Gasteiger partial charge in [0.05, 0.1) is 6.61 Å². The SMILES string of the molecule is CCOC(=O)[C@H]1C(P(=O)(OC)OC)=NN[C@]12C(=O)Nc1ccccc12.ClC(Cl)Cl.ClC(Cl)Cl. The van der Waals surface area contributed by atoms with Gasteiger partial charge in [-0.1, -0.05) is 87.8 Å². The van der Waals surface area contributed by atoms with Gasteiger partial charge in [-0.15, -0.1) is 0 Å². The third kappa shape index (κ3) is 7.26. The van der Waals surface area contributed by atoms with Gasteiger partial charge in [0.1, 0.15) is 5.92 Å². The van der Waals surface area contributed by atoms with Crippen LogP contribution in [0.2, 0.25) is 0 Å². The fraction of sp³-hybridized carbons (Fsp3) is 0.471. The largest absolute Gasteiger partial charge is 0.465 e. The predicted molar refractivity (Wildman–Crippen MR) is 132 cm³/mol. The number of fused-ring (bicyclic) bond motifs is 2. The number of carbonyl (C=O) groups excluding carboxylic acids is 2. The summed E-state index contributed by atoms with van der Waals surface area (Å²) in [5.41, 5.74) is 1.99. The molecule has 0 radical (unpaired) electrons. The molecule has 3 rings (SSSR count). The number of para-hydroxylation sites is 1. The summed E-state index contributed by atoms with van der Waals surface area (Å²) in [5.74, 6) is -2.53. The minimum Gasteiger partial charge on any atom is -0.465 e. The third-order valence-electron chi connectivity index (χ3n) is 4.28. The average Bonchev–Trinajstić information content (AvgIpc) is 3.27. The Morgan fingerprint density at radius 3 is 2.12 bits per heavy atom. The number of esters is 1. The molecule has 0 unspecified atom stereocenters. The van der Waals surface area contributed by atoms with Crippen LogP contribution in [0.15, 0.2) is 29.4 Å². The molecule has 2 aliphatic heterocycles. The standard InChI is InChI=1S/C15H18N3O6P.2CHCl3/c1-4-24-13(19)11-12(25(21,22-2)23-3)17-18-15(11)9-7-5-6-8-10(9)16-14(15)20;2*2-1(3)4/h5-8,11,18H,4H2,1-3H3,(H,16,20);2*1H/t11-,15+;;/m1../s1. The third-order valence-corrected chi connectivity index (χ3v) is 6.16. The molecule has 2 aliphatic rings. The van der Waals surface area contributed by atoms with Crippen molar-refractivity contribution in [2.45, 2.75) is 21.1 Å². The second-order valence-electron chi connectivity index (χ2n) is 5.93. The Kier molecular flexibility index (Phi) is 12.6. The Labute approximate surface area is 220 Å². The van der Waals surface area contributed by atoms with Crippen molar-refractivity contribution in [1.29, 1.82) is 0 Å². The zero-order valence-corrected chi connectivity index (χ0v) is 22.8. The molecule has 0 bridgehead atoms. The summed E-state index contributed by atoms with van der Waals surface area (Å²) >= 11 is 28.8. The summed E-state index contributed by atoms with van der Waals surface area (Å²) in [6, 6.07) is 6.88. The van der Waals surface area contributed by atoms with Gasteiger partial charge in [0.25, 0.3) is 5.91 Å². The van der Waals surface area contributed by atoms with Crippen molar-refractivity contribution in [2.24, 2.45) is 11.0 Å². The van der Waals surface area contributed by atoms with Gasteiger partial charge in [-0.05, 0) is 13.0 Å². The maximum atomic E-state index is 12.9. The van der Waals surface area contributed by atoms with Crippen LogP contribution < -0.4 is 10.7 Å². The molecule has 1 spiro atoms. The second kappa shape index (κ2) is 13.6. The van der Waals surface area contributed by atoms with E-state index in [1.165, 1.54) is 14.2 Å². The van der Waals surface area contributed by atoms with Gasteiger partial charge >= 0.3 is 13.6 Å². The maximum Gasteiger partial charge on any atom is 0.377 e. The Morgan fingerprint density at radius 1 is 1.12 bits per heavy atom. The smallest absolute Gasteiger partial charge is 0.377 e. The molecule has 1 amide bonds. The molecular weight excluding hydrogens is 586 g/mol. The highest BCUT2D eigenvalue weighted by atomic mass is 35.6. The van der Waals surface area contributed by atoms with E-state index in [1.807, 2.05) is 0 Å². The molecule has 16 heteroatoms. The molecule has 1 aromatic carbocycles. The monoisotopic (exact) mass is 603 g/mol. The molecule has 2 heterocycles. The number of hydrogen-bond donors (Lipinski definition) is 2. The van der Waals surface area contributed by atoms with E-state index in [1.54, 1.807) is 31.2 Å². The van der Waals surface area contributed by atoms with Crippen molar-refractivity contribution in [2.75, 3.05) is 26.1 Å². The van der Waals surface area contributed by atoms with E-state index in [0.717, 1.165) is 0 Å². The van der Waals surface area contributed by atoms with Crippen molar-refractivity contribution in [3.8, 4) is 0 Å². The lowest BCUT2D eigenvalue weighted by Gasteiger charge is -2.28. The van der Waals surface area contributed by atoms with Crippen LogP contribution in [0, 0.1) is 5.92 Å². The first-order chi connectivity index (χ1) is 15.4. The Morgan fingerprint density at radius 2 is 1.64 bits per heavy atom. The highest BCUT2D eigenvalue weighted by Gasteiger charge is 2.64. The van der Waals surface area contributed by atoms with Gasteiger partial charge in [0.2, 0.25) is 0 Å². The summed E-state index contributed by atoms with van der Waals surface area (Å²) in [6.07, 6.45) is 0. The number of alkyl halides is 6. The van der Waals surface area contributed by atoms with Crippen LogP contribution in [0.1, 0.15) is 12.5 Å². The quantitative estimate of drug-likeness (QED) is 0.263. The van der Waals surface area contributed by atoms with Crippen LogP contribution in [-0.4, -0.2) is 46.7 Å². The van der Waals surface area contributed by atoms with Crippen molar-refractivity contribution >= 4 is 100 Å². The summed E-state index contributed by atoms with van der Waals surface area (Å²) in [6.45, 7) is 1.73. The van der Waals surface area contributed by atoms with Crippen molar-refractivity contribution in [3.63, 3.8) is 0 Å². The van der Waals surface area contributed by atoms with Gasteiger partial charge in [0.15, 0.2) is 19.6 Å². The summed E-state index contributed by atoms with van der Waals surface area (Å²) in [5, 5.41) is 6.72. The highest BCUT2D eigenvalue weighted by molar-refractivity contribution is 7.72. The van der Waals surface area contributed by atoms with Crippen LogP contribution in [0.3, 0.4) is 0 Å². The average molecular weight is 606 g/mol. The van der Waals surface area contributed by atoms with Crippen molar-refractivity contribution in [1.82, 2.24) is 5.43 Å². The Hall–Kier alpha value is -0.480. The number of amides is 1. The van der Waals surface area contributed by atoms with Gasteiger partial charge in [0, 0.05) is 25.5 Å². The highest BCUT2D eigenvalue weighted by Crippen LogP contribution is 2.57. The van der Waals surface area contributed by atoms with E-state index in [4.69, 9.17) is 83.4 Å². The zero-order valence-electron chi connectivity index (χ0n) is 17.4. The van der Waals surface area contributed by atoms with Gasteiger partial charge < -0.3 is 19.1 Å². The van der Waals surface area contributed by atoms with Crippen LogP contribution in [0.5, 0.6) is 0 Å². The van der Waals surface area contributed by atoms with Gasteiger partial charge in [-0.3, -0.25) is 19.6 Å². The number of hydrogen-bond acceptors (Lipinski definition) is 8. The van der Waals surface area contributed by atoms with Crippen molar-refractivity contribution < 1.29 is 27.9 Å². The number of nitrogens with zero attached hydrogens (tertiary/aromatic N) is 1. The molecule has 0 aliphatic carbocycles. The number of anilines is 1. The first-order valence-electron chi connectivity index (χ1n) is 8.90. The number of nitrogens with one attached hydrogen (secondary N) is 2. The number of ether oxygens (including phenoxy) is 1. The first-order valence-corrected chi connectivity index (χ1v) is 13.1. The maximum absolute atomic E-state index is 12.9.